The number of esters is 1. The van der Waals surface area contributed by atoms with Crippen LogP contribution in [0.1, 0.15) is 25.6 Å². The number of hydrogen-bond acceptors (Lipinski definition) is 6. The van der Waals surface area contributed by atoms with Gasteiger partial charge in [0.15, 0.2) is 0 Å². The van der Waals surface area contributed by atoms with E-state index >= 15 is 0 Å². The molecule has 5 heterocycles. The van der Waals surface area contributed by atoms with Crippen molar-refractivity contribution in [2.75, 3.05) is 7.11 Å². The number of amides is 1. The van der Waals surface area contributed by atoms with Gasteiger partial charge in [0.25, 0.3) is 0 Å². The summed E-state index contributed by atoms with van der Waals surface area (Å²) >= 11 is 0. The first-order valence-electron chi connectivity index (χ1n) is 9.26. The summed E-state index contributed by atoms with van der Waals surface area (Å²) in [5, 5.41) is 0. The number of carbonyl (C=O) groups excluding carboxylic acids is 3. The third-order valence-electron chi connectivity index (χ3n) is 6.82. The molecule has 142 valence electrons. The maximum Gasteiger partial charge on any atom is 0.312 e. The number of furan rings is 1. The minimum atomic E-state index is -0.972. The summed E-state index contributed by atoms with van der Waals surface area (Å²) in [4.78, 5) is 40.8. The fourth-order valence-electron chi connectivity index (χ4n) is 5.77. The van der Waals surface area contributed by atoms with E-state index in [1.165, 1.54) is 7.11 Å². The highest BCUT2D eigenvalue weighted by atomic mass is 16.5. The second-order valence-corrected chi connectivity index (χ2v) is 7.95. The zero-order valence-corrected chi connectivity index (χ0v) is 15.3. The number of nitrogens with zero attached hydrogens (tertiary/aromatic N) is 1. The van der Waals surface area contributed by atoms with E-state index in [0.29, 0.717) is 5.76 Å². The lowest BCUT2D eigenvalue weighted by atomic mass is 9.69. The zero-order chi connectivity index (χ0) is 19.1. The molecule has 1 aromatic heterocycles. The van der Waals surface area contributed by atoms with Crippen molar-refractivity contribution in [1.29, 1.82) is 0 Å². The SMILES string of the molecule is COC(=O)[C@H]1[C@H]2C=C[C@]3(O2)[C@H]1C(=O)N1[C@H](c2ccco2)[C@H](C)C(=O)[C@@H](C)[C@@H]13. The molecular weight excluding hydrogens is 350 g/mol. The molecule has 1 aromatic rings. The van der Waals surface area contributed by atoms with Crippen LogP contribution in [0.4, 0.5) is 0 Å². The molecule has 7 heteroatoms. The fraction of sp³-hybridized carbons (Fsp3) is 0.550. The van der Waals surface area contributed by atoms with Crippen molar-refractivity contribution in [2.24, 2.45) is 23.7 Å². The van der Waals surface area contributed by atoms with Crippen molar-refractivity contribution in [1.82, 2.24) is 4.90 Å². The van der Waals surface area contributed by atoms with E-state index in [2.05, 4.69) is 0 Å². The molecule has 1 spiro atoms. The van der Waals surface area contributed by atoms with Crippen LogP contribution in [0, 0.1) is 23.7 Å². The summed E-state index contributed by atoms with van der Waals surface area (Å²) in [7, 11) is 1.32. The summed E-state index contributed by atoms with van der Waals surface area (Å²) < 4.78 is 16.8. The topological polar surface area (TPSA) is 86.1 Å². The summed E-state index contributed by atoms with van der Waals surface area (Å²) in [6.07, 6.45) is 4.76. The van der Waals surface area contributed by atoms with Crippen molar-refractivity contribution in [2.45, 2.75) is 37.6 Å². The van der Waals surface area contributed by atoms with Gasteiger partial charge in [-0.05, 0) is 12.1 Å². The van der Waals surface area contributed by atoms with Gasteiger partial charge in [-0.2, -0.15) is 0 Å². The van der Waals surface area contributed by atoms with E-state index < -0.39 is 53.4 Å². The number of rotatable bonds is 2. The van der Waals surface area contributed by atoms with E-state index in [9.17, 15) is 14.4 Å². The monoisotopic (exact) mass is 371 g/mol. The van der Waals surface area contributed by atoms with Crippen LogP contribution >= 0.6 is 0 Å². The molecule has 27 heavy (non-hydrogen) atoms. The molecule has 0 aliphatic carbocycles. The lowest BCUT2D eigenvalue weighted by molar-refractivity contribution is -0.157. The third-order valence-corrected chi connectivity index (χ3v) is 6.82. The van der Waals surface area contributed by atoms with E-state index in [1.807, 2.05) is 26.0 Å². The van der Waals surface area contributed by atoms with Crippen molar-refractivity contribution >= 4 is 17.7 Å². The normalized spacial score (nSPS) is 44.6. The first kappa shape index (κ1) is 16.7. The molecule has 0 aromatic carbocycles. The molecule has 0 saturated carbocycles. The van der Waals surface area contributed by atoms with E-state index in [-0.39, 0.29) is 11.7 Å². The highest BCUT2D eigenvalue weighted by Crippen LogP contribution is 2.60. The number of ether oxygens (including phenoxy) is 2. The predicted octanol–water partition coefficient (Wildman–Crippen LogP) is 1.50. The quantitative estimate of drug-likeness (QED) is 0.578. The minimum Gasteiger partial charge on any atom is -0.469 e. The average Bonchev–Trinajstić information content (AvgIpc) is 3.42. The highest BCUT2D eigenvalue weighted by Gasteiger charge is 2.75. The Kier molecular flexibility index (Phi) is 3.30. The lowest BCUT2D eigenvalue weighted by Crippen LogP contribution is -2.58. The summed E-state index contributed by atoms with van der Waals surface area (Å²) in [6.45, 7) is 3.67. The molecule has 0 radical (unpaired) electrons. The van der Waals surface area contributed by atoms with Gasteiger partial charge in [0, 0.05) is 11.8 Å². The molecule has 1 amide bonds. The third kappa shape index (κ3) is 1.83. The second-order valence-electron chi connectivity index (χ2n) is 7.95. The Balaban J connectivity index is 1.67. The standard InChI is InChI=1S/C20H21NO6/c1-9-15(12-5-4-8-26-12)21-17(10(2)16(9)22)20-7-6-11(27-20)13(19(24)25-3)14(20)18(21)23/h4-11,13-15,17H,1-3H3/t9-,10+,11+,13-,14+,15-,17+,20-/m0/s1. The Bertz CT molecular complexity index is 860. The fourth-order valence-corrected chi connectivity index (χ4v) is 5.77. The Morgan fingerprint density at radius 3 is 2.70 bits per heavy atom. The first-order chi connectivity index (χ1) is 12.9. The van der Waals surface area contributed by atoms with Gasteiger partial charge in [0.05, 0.1) is 37.5 Å². The average molecular weight is 371 g/mol. The predicted molar refractivity (Wildman–Crippen MR) is 91.2 cm³/mol. The largest absolute Gasteiger partial charge is 0.469 e. The number of ketones is 1. The van der Waals surface area contributed by atoms with Crippen LogP contribution in [0.3, 0.4) is 0 Å². The van der Waals surface area contributed by atoms with Crippen LogP contribution in [-0.2, 0) is 23.9 Å². The smallest absolute Gasteiger partial charge is 0.312 e. The summed E-state index contributed by atoms with van der Waals surface area (Å²) in [6, 6.07) is 2.56. The number of methoxy groups -OCH3 is 1. The summed E-state index contributed by atoms with van der Waals surface area (Å²) in [5.41, 5.74) is -0.972. The van der Waals surface area contributed by atoms with Crippen LogP contribution in [0.25, 0.3) is 0 Å². The van der Waals surface area contributed by atoms with Crippen molar-refractivity contribution < 1.29 is 28.3 Å². The zero-order valence-electron chi connectivity index (χ0n) is 15.3. The molecule has 4 aliphatic heterocycles. The minimum absolute atomic E-state index is 0.0717. The van der Waals surface area contributed by atoms with Crippen LogP contribution in [0.5, 0.6) is 0 Å². The van der Waals surface area contributed by atoms with Crippen molar-refractivity contribution in [3.63, 3.8) is 0 Å². The van der Waals surface area contributed by atoms with Gasteiger partial charge in [0.2, 0.25) is 5.91 Å². The van der Waals surface area contributed by atoms with Gasteiger partial charge in [-0.3, -0.25) is 14.4 Å². The molecule has 2 bridgehead atoms. The van der Waals surface area contributed by atoms with Gasteiger partial charge in [-0.1, -0.05) is 26.0 Å². The van der Waals surface area contributed by atoms with E-state index in [0.717, 1.165) is 0 Å². The van der Waals surface area contributed by atoms with Crippen molar-refractivity contribution in [3.05, 3.63) is 36.3 Å². The van der Waals surface area contributed by atoms with Crippen LogP contribution < -0.4 is 0 Å². The number of piperidine rings is 1. The number of hydrogen-bond donors (Lipinski definition) is 0. The second kappa shape index (κ2) is 5.32. The van der Waals surface area contributed by atoms with E-state index in [1.54, 1.807) is 23.3 Å². The molecule has 0 unspecified atom stereocenters. The maximum atomic E-state index is 13.6. The lowest BCUT2D eigenvalue weighted by Gasteiger charge is -2.46. The van der Waals surface area contributed by atoms with Crippen molar-refractivity contribution in [3.8, 4) is 0 Å². The number of Topliss-reactive ketones (excluding diaryl/α,β-unsaturated/α-hetero) is 1. The van der Waals surface area contributed by atoms with Gasteiger partial charge < -0.3 is 18.8 Å². The van der Waals surface area contributed by atoms with Crippen LogP contribution in [-0.4, -0.2) is 47.4 Å². The molecule has 4 aliphatic rings. The molecule has 8 atom stereocenters. The number of fused-ring (bicyclic) bond motifs is 2. The Labute approximate surface area is 156 Å². The Hall–Kier alpha value is -2.41. The highest BCUT2D eigenvalue weighted by molar-refractivity contribution is 5.96. The van der Waals surface area contributed by atoms with Crippen LogP contribution in [0.15, 0.2) is 35.0 Å². The molecule has 5 rings (SSSR count). The molecular formula is C20H21NO6. The Morgan fingerprint density at radius 2 is 2.04 bits per heavy atom. The van der Waals surface area contributed by atoms with Crippen LogP contribution in [0.2, 0.25) is 0 Å². The number of carbonyl (C=O) groups is 3. The maximum absolute atomic E-state index is 13.6. The molecule has 3 saturated heterocycles. The van der Waals surface area contributed by atoms with Gasteiger partial charge in [-0.25, -0.2) is 0 Å². The Morgan fingerprint density at radius 1 is 1.26 bits per heavy atom. The van der Waals surface area contributed by atoms with E-state index in [4.69, 9.17) is 13.9 Å². The van der Waals surface area contributed by atoms with Gasteiger partial charge in [0.1, 0.15) is 23.1 Å². The van der Waals surface area contributed by atoms with Gasteiger partial charge in [-0.15, -0.1) is 0 Å². The summed E-state index contributed by atoms with van der Waals surface area (Å²) in [5.74, 6) is -2.15. The molecule has 7 nitrogen and oxygen atoms in total. The first-order valence-corrected chi connectivity index (χ1v) is 9.26. The molecule has 3 fully saturated rings. The van der Waals surface area contributed by atoms with Gasteiger partial charge >= 0.3 is 5.97 Å². The molecule has 0 N–H and O–H groups in total.